The Labute approximate surface area is 99.8 Å². The zero-order valence-corrected chi connectivity index (χ0v) is 9.94. The average molecular weight is 275 g/mol. The molecule has 0 aliphatic heterocycles. The lowest BCUT2D eigenvalue weighted by molar-refractivity contribution is 0.0325. The molecule has 0 aromatic heterocycles. The van der Waals surface area contributed by atoms with E-state index in [9.17, 15) is 13.2 Å². The van der Waals surface area contributed by atoms with E-state index in [0.29, 0.717) is 0 Å². The molecular formula is C9H7Cl2F3S. The van der Waals surface area contributed by atoms with Crippen LogP contribution in [0.2, 0.25) is 0 Å². The summed E-state index contributed by atoms with van der Waals surface area (Å²) in [4.78, 5) is 0.203. The fourth-order valence-corrected chi connectivity index (χ4v) is 1.73. The predicted octanol–water partition coefficient (Wildman–Crippen LogP) is 4.78. The molecule has 0 aliphatic carbocycles. The number of alkyl halides is 5. The minimum Gasteiger partial charge on any atom is -0.200 e. The van der Waals surface area contributed by atoms with Crippen LogP contribution in [-0.4, -0.2) is 9.84 Å². The quantitative estimate of drug-likeness (QED) is 0.565. The molecule has 0 unspecified atom stereocenters. The van der Waals surface area contributed by atoms with Gasteiger partial charge in [0.2, 0.25) is 0 Å². The average Bonchev–Trinajstić information content (AvgIpc) is 2.06. The van der Waals surface area contributed by atoms with Crippen LogP contribution in [-0.2, 0) is 0 Å². The third kappa shape index (κ3) is 3.47. The molecule has 0 atom stereocenters. The van der Waals surface area contributed by atoms with Gasteiger partial charge in [-0.05, 0) is 30.8 Å². The van der Waals surface area contributed by atoms with Gasteiger partial charge in [-0.3, -0.25) is 0 Å². The van der Waals surface area contributed by atoms with Crippen molar-refractivity contribution in [3.05, 3.63) is 29.8 Å². The van der Waals surface area contributed by atoms with Gasteiger partial charge < -0.3 is 0 Å². The Morgan fingerprint density at radius 1 is 1.07 bits per heavy atom. The Bertz CT molecular complexity index is 332. The lowest BCUT2D eigenvalue weighted by Crippen LogP contribution is -2.30. The monoisotopic (exact) mass is 274 g/mol. The van der Waals surface area contributed by atoms with Crippen LogP contribution in [0.5, 0.6) is 0 Å². The summed E-state index contributed by atoms with van der Waals surface area (Å²) in [6.45, 7) is 1.81. The highest BCUT2D eigenvalue weighted by molar-refractivity contribution is 8.00. The van der Waals surface area contributed by atoms with Crippen molar-refractivity contribution in [1.29, 1.82) is 0 Å². The van der Waals surface area contributed by atoms with E-state index >= 15 is 0 Å². The third-order valence-corrected chi connectivity index (χ3v) is 3.34. The molecule has 0 saturated carbocycles. The van der Waals surface area contributed by atoms with Crippen LogP contribution >= 0.6 is 35.0 Å². The summed E-state index contributed by atoms with van der Waals surface area (Å²) in [5.74, 6) is 0. The van der Waals surface area contributed by atoms with Crippen molar-refractivity contribution in [3.8, 4) is 0 Å². The number of thioether (sulfide) groups is 1. The van der Waals surface area contributed by atoms with Gasteiger partial charge in [0.05, 0.1) is 0 Å². The van der Waals surface area contributed by atoms with Crippen LogP contribution in [0.25, 0.3) is 0 Å². The van der Waals surface area contributed by atoms with Gasteiger partial charge in [-0.15, -0.1) is 0 Å². The molecule has 0 nitrogen and oxygen atoms in total. The first-order chi connectivity index (χ1) is 6.72. The van der Waals surface area contributed by atoms with Gasteiger partial charge in [0.1, 0.15) is 0 Å². The van der Waals surface area contributed by atoms with Crippen molar-refractivity contribution >= 4 is 35.0 Å². The highest BCUT2D eigenvalue weighted by atomic mass is 35.5. The van der Waals surface area contributed by atoms with Crippen molar-refractivity contribution in [2.45, 2.75) is 21.7 Å². The largest absolute Gasteiger partial charge is 0.359 e. The summed E-state index contributed by atoms with van der Waals surface area (Å²) >= 11 is 9.46. The second-order valence-electron chi connectivity index (χ2n) is 2.93. The number of hydrogen-bond acceptors (Lipinski definition) is 1. The lowest BCUT2D eigenvalue weighted by Gasteiger charge is -2.21. The van der Waals surface area contributed by atoms with Gasteiger partial charge in [0, 0.05) is 4.90 Å². The van der Waals surface area contributed by atoms with Crippen LogP contribution in [0.3, 0.4) is 0 Å². The maximum absolute atomic E-state index is 13.0. The van der Waals surface area contributed by atoms with Crippen LogP contribution in [0, 0.1) is 6.92 Å². The molecule has 1 aromatic carbocycles. The van der Waals surface area contributed by atoms with Crippen LogP contribution in [0.1, 0.15) is 5.56 Å². The zero-order valence-electron chi connectivity index (χ0n) is 7.61. The fraction of sp³-hybridized carbons (Fsp3) is 0.333. The molecule has 1 rings (SSSR count). The van der Waals surface area contributed by atoms with E-state index in [1.807, 2.05) is 6.92 Å². The highest BCUT2D eigenvalue weighted by Gasteiger charge is 2.53. The minimum atomic E-state index is -3.88. The predicted molar refractivity (Wildman–Crippen MR) is 57.5 cm³/mol. The van der Waals surface area contributed by atoms with Crippen LogP contribution in [0.4, 0.5) is 13.2 Å². The number of rotatable bonds is 3. The number of hydrogen-bond donors (Lipinski definition) is 0. The second-order valence-corrected chi connectivity index (χ2v) is 5.35. The summed E-state index contributed by atoms with van der Waals surface area (Å²) in [6.07, 6.45) is 0. The molecule has 0 aliphatic rings. The van der Waals surface area contributed by atoms with Gasteiger partial charge in [-0.25, -0.2) is 0 Å². The fourth-order valence-electron chi connectivity index (χ4n) is 0.812. The van der Waals surface area contributed by atoms with Gasteiger partial charge >= 0.3 is 9.84 Å². The van der Waals surface area contributed by atoms with Gasteiger partial charge in [0.25, 0.3) is 0 Å². The molecule has 0 fully saturated rings. The molecule has 15 heavy (non-hydrogen) atoms. The van der Waals surface area contributed by atoms with Crippen LogP contribution in [0.15, 0.2) is 29.2 Å². The van der Waals surface area contributed by atoms with Gasteiger partial charge in [-0.1, -0.05) is 40.9 Å². The summed E-state index contributed by atoms with van der Waals surface area (Å²) in [5, 5.41) is -3.88. The minimum absolute atomic E-state index is 0.0107. The molecule has 0 spiro atoms. The van der Waals surface area contributed by atoms with Crippen molar-refractivity contribution < 1.29 is 13.2 Å². The molecule has 0 bridgehead atoms. The normalized spacial score (nSPS) is 12.9. The Hall–Kier alpha value is -0.0600. The van der Waals surface area contributed by atoms with E-state index in [0.717, 1.165) is 5.56 Å². The molecule has 0 heterocycles. The summed E-state index contributed by atoms with van der Waals surface area (Å²) in [5.41, 5.74) is 0.922. The van der Waals surface area contributed by atoms with Crippen LogP contribution < -0.4 is 0 Å². The molecule has 0 N–H and O–H groups in total. The Kier molecular flexibility index (Phi) is 3.85. The van der Waals surface area contributed by atoms with Gasteiger partial charge in [0.15, 0.2) is 0 Å². The van der Waals surface area contributed by atoms with Gasteiger partial charge in [-0.2, -0.15) is 13.2 Å². The Morgan fingerprint density at radius 2 is 1.53 bits per heavy atom. The maximum atomic E-state index is 13.0. The Morgan fingerprint density at radius 3 is 1.93 bits per heavy atom. The molecule has 6 heteroatoms. The summed E-state index contributed by atoms with van der Waals surface area (Å²) in [6, 6.07) is 6.18. The molecule has 0 radical (unpaired) electrons. The van der Waals surface area contributed by atoms with E-state index in [2.05, 4.69) is 0 Å². The zero-order chi connectivity index (χ0) is 11.7. The van der Waals surface area contributed by atoms with E-state index in [1.54, 1.807) is 12.1 Å². The molecule has 1 aromatic rings. The number of aryl methyl sites for hydroxylation is 1. The van der Waals surface area contributed by atoms with Crippen molar-refractivity contribution in [1.82, 2.24) is 0 Å². The Balaban J connectivity index is 2.82. The first-order valence-electron chi connectivity index (χ1n) is 3.92. The number of halogens is 5. The smallest absolute Gasteiger partial charge is 0.200 e. The SMILES string of the molecule is Cc1ccc(SC(F)(F)C(F)(Cl)Cl)cc1. The van der Waals surface area contributed by atoms with Crippen molar-refractivity contribution in [3.63, 3.8) is 0 Å². The van der Waals surface area contributed by atoms with E-state index in [-0.39, 0.29) is 16.7 Å². The third-order valence-electron chi connectivity index (χ3n) is 1.60. The summed E-state index contributed by atoms with van der Waals surface area (Å²) < 4.78 is 35.2. The molecule has 0 amide bonds. The molecule has 0 saturated heterocycles. The maximum Gasteiger partial charge on any atom is 0.359 e. The number of benzene rings is 1. The summed E-state index contributed by atoms with van der Waals surface area (Å²) in [7, 11) is 0. The van der Waals surface area contributed by atoms with E-state index in [1.165, 1.54) is 12.1 Å². The van der Waals surface area contributed by atoms with Crippen molar-refractivity contribution in [2.75, 3.05) is 0 Å². The lowest BCUT2D eigenvalue weighted by atomic mass is 10.2. The first-order valence-corrected chi connectivity index (χ1v) is 5.50. The standard InChI is InChI=1S/C9H7Cl2F3S/c1-6-2-4-7(5-3-6)15-9(13,14)8(10,11)12/h2-5H,1H3. The van der Waals surface area contributed by atoms with Crippen molar-refractivity contribution in [2.24, 2.45) is 0 Å². The van der Waals surface area contributed by atoms with E-state index in [4.69, 9.17) is 23.2 Å². The molecular weight excluding hydrogens is 268 g/mol. The second kappa shape index (κ2) is 4.44. The topological polar surface area (TPSA) is 0 Å². The highest BCUT2D eigenvalue weighted by Crippen LogP contribution is 2.50. The molecule has 84 valence electrons. The first kappa shape index (κ1) is 13.0. The van der Waals surface area contributed by atoms with E-state index < -0.39 is 9.84 Å².